The summed E-state index contributed by atoms with van der Waals surface area (Å²) < 4.78 is 20.0. The van der Waals surface area contributed by atoms with Crippen molar-refractivity contribution in [2.45, 2.75) is 31.0 Å². The molecule has 3 rings (SSSR count). The van der Waals surface area contributed by atoms with Crippen LogP contribution in [0.4, 0.5) is 4.39 Å². The van der Waals surface area contributed by atoms with Crippen molar-refractivity contribution >= 4 is 21.8 Å². The molecule has 0 radical (unpaired) electrons. The lowest BCUT2D eigenvalue weighted by molar-refractivity contribution is -0.117. The maximum absolute atomic E-state index is 13.7. The molecule has 1 amide bonds. The fraction of sp³-hybridized carbons (Fsp3) is 0.500. The van der Waals surface area contributed by atoms with Crippen LogP contribution in [0.15, 0.2) is 22.7 Å². The summed E-state index contributed by atoms with van der Waals surface area (Å²) in [5.41, 5.74) is 6.09. The normalized spacial score (nSPS) is 32.1. The Kier molecular flexibility index (Phi) is 3.79. The minimum absolute atomic E-state index is 0.0193. The minimum atomic E-state index is -0.542. The van der Waals surface area contributed by atoms with Crippen LogP contribution in [-0.4, -0.2) is 30.7 Å². The van der Waals surface area contributed by atoms with E-state index in [4.69, 9.17) is 10.5 Å². The van der Waals surface area contributed by atoms with E-state index in [0.717, 1.165) is 12.8 Å². The van der Waals surface area contributed by atoms with Crippen LogP contribution in [-0.2, 0) is 4.74 Å². The highest BCUT2D eigenvalue weighted by molar-refractivity contribution is 9.10. The summed E-state index contributed by atoms with van der Waals surface area (Å²) in [6.07, 6.45) is 2.01. The molecule has 4 atom stereocenters. The quantitative estimate of drug-likeness (QED) is 0.861. The van der Waals surface area contributed by atoms with Crippen LogP contribution in [0.3, 0.4) is 0 Å². The van der Waals surface area contributed by atoms with Crippen molar-refractivity contribution in [1.82, 2.24) is 5.32 Å². The molecule has 0 spiro atoms. The van der Waals surface area contributed by atoms with Crippen molar-refractivity contribution in [2.75, 3.05) is 6.61 Å². The van der Waals surface area contributed by atoms with E-state index in [1.165, 1.54) is 12.1 Å². The lowest BCUT2D eigenvalue weighted by atomic mass is 9.68. The molecule has 1 saturated heterocycles. The Balaban J connectivity index is 1.71. The van der Waals surface area contributed by atoms with Gasteiger partial charge in [-0.2, -0.15) is 0 Å². The number of hydrogen-bond acceptors (Lipinski definition) is 3. The molecule has 0 bridgehead atoms. The largest absolute Gasteiger partial charge is 0.376 e. The molecule has 6 heteroatoms. The zero-order chi connectivity index (χ0) is 14.3. The Morgan fingerprint density at radius 3 is 3.10 bits per heavy atom. The topological polar surface area (TPSA) is 64.3 Å². The van der Waals surface area contributed by atoms with Crippen molar-refractivity contribution < 1.29 is 13.9 Å². The first-order valence-electron chi connectivity index (χ1n) is 6.71. The van der Waals surface area contributed by atoms with Crippen LogP contribution < -0.4 is 11.1 Å². The monoisotopic (exact) mass is 342 g/mol. The van der Waals surface area contributed by atoms with Crippen molar-refractivity contribution in [3.8, 4) is 0 Å². The van der Waals surface area contributed by atoms with Crippen molar-refractivity contribution in [1.29, 1.82) is 0 Å². The molecular weight excluding hydrogens is 327 g/mol. The second-order valence-electron chi connectivity index (χ2n) is 5.34. The molecule has 108 valence electrons. The van der Waals surface area contributed by atoms with Crippen LogP contribution in [0.1, 0.15) is 23.2 Å². The Hall–Kier alpha value is -0.980. The third-order valence-electron chi connectivity index (χ3n) is 4.15. The van der Waals surface area contributed by atoms with Gasteiger partial charge in [-0.1, -0.05) is 15.9 Å². The van der Waals surface area contributed by atoms with Crippen molar-refractivity contribution in [3.05, 3.63) is 34.1 Å². The van der Waals surface area contributed by atoms with Crippen LogP contribution in [0, 0.1) is 11.7 Å². The van der Waals surface area contributed by atoms with Gasteiger partial charge < -0.3 is 15.8 Å². The summed E-state index contributed by atoms with van der Waals surface area (Å²) in [7, 11) is 0. The van der Waals surface area contributed by atoms with Gasteiger partial charge in [-0.05, 0) is 31.0 Å². The molecule has 1 aliphatic heterocycles. The van der Waals surface area contributed by atoms with Crippen LogP contribution in [0.25, 0.3) is 0 Å². The number of nitrogens with two attached hydrogens (primary N) is 1. The highest BCUT2D eigenvalue weighted by Gasteiger charge is 2.51. The second kappa shape index (κ2) is 5.42. The summed E-state index contributed by atoms with van der Waals surface area (Å²) in [4.78, 5) is 12.2. The van der Waals surface area contributed by atoms with Crippen LogP contribution >= 0.6 is 15.9 Å². The molecule has 20 heavy (non-hydrogen) atoms. The van der Waals surface area contributed by atoms with E-state index in [1.807, 2.05) is 0 Å². The minimum Gasteiger partial charge on any atom is -0.376 e. The summed E-state index contributed by atoms with van der Waals surface area (Å²) in [6, 6.07) is 3.94. The van der Waals surface area contributed by atoms with E-state index in [1.54, 1.807) is 6.07 Å². The summed E-state index contributed by atoms with van der Waals surface area (Å²) in [5.74, 6) is -0.682. The molecule has 1 aromatic rings. The highest BCUT2D eigenvalue weighted by Crippen LogP contribution is 2.37. The van der Waals surface area contributed by atoms with Crippen molar-refractivity contribution in [3.63, 3.8) is 0 Å². The average molecular weight is 343 g/mol. The average Bonchev–Trinajstić information content (AvgIpc) is 2.46. The van der Waals surface area contributed by atoms with Gasteiger partial charge in [0.05, 0.1) is 17.7 Å². The molecule has 1 saturated carbocycles. The summed E-state index contributed by atoms with van der Waals surface area (Å²) >= 11 is 3.23. The molecule has 4 unspecified atom stereocenters. The summed E-state index contributed by atoms with van der Waals surface area (Å²) in [6.45, 7) is 0.700. The first kappa shape index (κ1) is 14.0. The molecular formula is C14H16BrFN2O2. The molecule has 1 aliphatic carbocycles. The third-order valence-corrected chi connectivity index (χ3v) is 4.64. The van der Waals surface area contributed by atoms with Crippen molar-refractivity contribution in [2.24, 2.45) is 11.7 Å². The standard InChI is InChI=1S/C14H16BrFN2O2/c15-7-3-4-10(16)9(6-7)14(19)18-12-11(17)8-2-1-5-20-13(8)12/h3-4,6,8,11-13H,1-2,5,17H2,(H,18,19). The number of hydrogen-bond donors (Lipinski definition) is 2. The van der Waals surface area contributed by atoms with Gasteiger partial charge in [0, 0.05) is 23.0 Å². The first-order valence-corrected chi connectivity index (χ1v) is 7.50. The Morgan fingerprint density at radius 1 is 1.50 bits per heavy atom. The van der Waals surface area contributed by atoms with Gasteiger partial charge in [0.2, 0.25) is 0 Å². The Bertz CT molecular complexity index is 540. The fourth-order valence-electron chi connectivity index (χ4n) is 3.03. The molecule has 0 aromatic heterocycles. The van der Waals surface area contributed by atoms with Gasteiger partial charge in [0.1, 0.15) is 5.82 Å². The Labute approximate surface area is 125 Å². The number of benzene rings is 1. The van der Waals surface area contributed by atoms with Crippen LogP contribution in [0.5, 0.6) is 0 Å². The molecule has 3 N–H and O–H groups in total. The zero-order valence-electron chi connectivity index (χ0n) is 10.8. The predicted molar refractivity (Wildman–Crippen MR) is 75.8 cm³/mol. The molecule has 1 aromatic carbocycles. The van der Waals surface area contributed by atoms with Gasteiger partial charge in [-0.25, -0.2) is 4.39 Å². The number of fused-ring (bicyclic) bond motifs is 1. The SMILES string of the molecule is NC1C2CCCOC2C1NC(=O)c1cc(Br)ccc1F. The first-order chi connectivity index (χ1) is 9.58. The van der Waals surface area contributed by atoms with Gasteiger partial charge in [0.25, 0.3) is 5.91 Å². The number of amides is 1. The van der Waals surface area contributed by atoms with Gasteiger partial charge >= 0.3 is 0 Å². The van der Waals surface area contributed by atoms with E-state index in [0.29, 0.717) is 17.0 Å². The lowest BCUT2D eigenvalue weighted by Crippen LogP contribution is -2.72. The third kappa shape index (κ3) is 2.36. The highest BCUT2D eigenvalue weighted by atomic mass is 79.9. The predicted octanol–water partition coefficient (Wildman–Crippen LogP) is 1.82. The van der Waals surface area contributed by atoms with Gasteiger partial charge in [0.15, 0.2) is 0 Å². The zero-order valence-corrected chi connectivity index (χ0v) is 12.4. The number of rotatable bonds is 2. The molecule has 2 aliphatic rings. The lowest BCUT2D eigenvalue weighted by Gasteiger charge is -2.52. The van der Waals surface area contributed by atoms with E-state index in [-0.39, 0.29) is 23.8 Å². The van der Waals surface area contributed by atoms with E-state index in [9.17, 15) is 9.18 Å². The fourth-order valence-corrected chi connectivity index (χ4v) is 3.39. The maximum Gasteiger partial charge on any atom is 0.254 e. The molecule has 2 fully saturated rings. The van der Waals surface area contributed by atoms with E-state index >= 15 is 0 Å². The molecule has 1 heterocycles. The second-order valence-corrected chi connectivity index (χ2v) is 6.26. The molecule has 4 nitrogen and oxygen atoms in total. The number of ether oxygens (including phenoxy) is 1. The summed E-state index contributed by atoms with van der Waals surface area (Å²) in [5, 5.41) is 2.80. The number of carbonyl (C=O) groups excluding carboxylic acids is 1. The van der Waals surface area contributed by atoms with Gasteiger partial charge in [-0.3, -0.25) is 4.79 Å². The van der Waals surface area contributed by atoms with Gasteiger partial charge in [-0.15, -0.1) is 0 Å². The number of nitrogens with one attached hydrogen (secondary N) is 1. The van der Waals surface area contributed by atoms with E-state index < -0.39 is 11.7 Å². The maximum atomic E-state index is 13.7. The smallest absolute Gasteiger partial charge is 0.254 e. The number of halogens is 2. The van der Waals surface area contributed by atoms with Crippen LogP contribution in [0.2, 0.25) is 0 Å². The van der Waals surface area contributed by atoms with E-state index in [2.05, 4.69) is 21.2 Å². The Morgan fingerprint density at radius 2 is 2.30 bits per heavy atom. The number of carbonyl (C=O) groups is 1.